The van der Waals surface area contributed by atoms with Crippen molar-refractivity contribution in [1.82, 2.24) is 5.32 Å². The SMILES string of the molecule is CCOC(C)CNC(=O)c1ccc(Cl)c(S(=O)(=O)Cl)c1. The van der Waals surface area contributed by atoms with Crippen LogP contribution in [0, 0.1) is 0 Å². The predicted octanol–water partition coefficient (Wildman–Crippen LogP) is 2.42. The lowest BCUT2D eigenvalue weighted by Crippen LogP contribution is -2.32. The van der Waals surface area contributed by atoms with E-state index in [0.29, 0.717) is 13.2 Å². The van der Waals surface area contributed by atoms with Crippen molar-refractivity contribution in [3.8, 4) is 0 Å². The molecule has 0 radical (unpaired) electrons. The Morgan fingerprint density at radius 3 is 2.65 bits per heavy atom. The van der Waals surface area contributed by atoms with Gasteiger partial charge in [0.05, 0.1) is 11.1 Å². The maximum Gasteiger partial charge on any atom is 0.262 e. The molecule has 5 nitrogen and oxygen atoms in total. The molecule has 1 N–H and O–H groups in total. The van der Waals surface area contributed by atoms with Gasteiger partial charge in [-0.1, -0.05) is 11.6 Å². The van der Waals surface area contributed by atoms with Crippen LogP contribution in [0.3, 0.4) is 0 Å². The Morgan fingerprint density at radius 2 is 2.10 bits per heavy atom. The fourth-order valence-electron chi connectivity index (χ4n) is 1.51. The molecular formula is C12H15Cl2NO4S. The van der Waals surface area contributed by atoms with E-state index in [-0.39, 0.29) is 21.6 Å². The maximum atomic E-state index is 11.9. The highest BCUT2D eigenvalue weighted by Crippen LogP contribution is 2.25. The Bertz CT molecular complexity index is 589. The van der Waals surface area contributed by atoms with Gasteiger partial charge in [-0.25, -0.2) is 8.42 Å². The van der Waals surface area contributed by atoms with Gasteiger partial charge in [-0.15, -0.1) is 0 Å². The van der Waals surface area contributed by atoms with Crippen molar-refractivity contribution in [3.05, 3.63) is 28.8 Å². The summed E-state index contributed by atoms with van der Waals surface area (Å²) in [6.07, 6.45) is -0.132. The maximum absolute atomic E-state index is 11.9. The number of ether oxygens (including phenoxy) is 1. The highest BCUT2D eigenvalue weighted by molar-refractivity contribution is 8.13. The average molecular weight is 340 g/mol. The number of amides is 1. The van der Waals surface area contributed by atoms with E-state index in [9.17, 15) is 13.2 Å². The topological polar surface area (TPSA) is 72.5 Å². The van der Waals surface area contributed by atoms with E-state index in [1.807, 2.05) is 13.8 Å². The lowest BCUT2D eigenvalue weighted by molar-refractivity contribution is 0.0695. The second-order valence-electron chi connectivity index (χ2n) is 4.06. The largest absolute Gasteiger partial charge is 0.377 e. The smallest absolute Gasteiger partial charge is 0.262 e. The molecule has 112 valence electrons. The zero-order valence-corrected chi connectivity index (χ0v) is 13.3. The summed E-state index contributed by atoms with van der Waals surface area (Å²) in [7, 11) is 1.25. The van der Waals surface area contributed by atoms with Crippen LogP contribution in [-0.2, 0) is 13.8 Å². The standard InChI is InChI=1S/C12H15Cl2NO4S/c1-3-19-8(2)7-15-12(16)9-4-5-10(13)11(6-9)20(14,17)18/h4-6,8H,3,7H2,1-2H3,(H,15,16). The fourth-order valence-corrected chi connectivity index (χ4v) is 3.01. The second kappa shape index (κ2) is 7.26. The summed E-state index contributed by atoms with van der Waals surface area (Å²) < 4.78 is 27.9. The molecule has 0 bridgehead atoms. The summed E-state index contributed by atoms with van der Waals surface area (Å²) >= 11 is 5.74. The highest BCUT2D eigenvalue weighted by atomic mass is 35.7. The van der Waals surface area contributed by atoms with Crippen LogP contribution < -0.4 is 5.32 Å². The number of hydrogen-bond donors (Lipinski definition) is 1. The number of hydrogen-bond acceptors (Lipinski definition) is 4. The van der Waals surface area contributed by atoms with Gasteiger partial charge in [0.2, 0.25) is 0 Å². The first-order valence-electron chi connectivity index (χ1n) is 5.89. The number of carbonyl (C=O) groups is 1. The van der Waals surface area contributed by atoms with Crippen molar-refractivity contribution in [3.63, 3.8) is 0 Å². The first kappa shape index (κ1) is 17.2. The molecule has 8 heteroatoms. The Hall–Kier alpha value is -0.820. The zero-order valence-electron chi connectivity index (χ0n) is 11.0. The molecule has 20 heavy (non-hydrogen) atoms. The van der Waals surface area contributed by atoms with Crippen molar-refractivity contribution in [2.45, 2.75) is 24.8 Å². The first-order chi connectivity index (χ1) is 9.25. The van der Waals surface area contributed by atoms with Gasteiger partial charge in [0.25, 0.3) is 15.0 Å². The summed E-state index contributed by atoms with van der Waals surface area (Å²) in [4.78, 5) is 11.6. The average Bonchev–Trinajstić information content (AvgIpc) is 2.35. The predicted molar refractivity (Wildman–Crippen MR) is 77.9 cm³/mol. The third-order valence-electron chi connectivity index (χ3n) is 2.46. The van der Waals surface area contributed by atoms with Gasteiger partial charge in [-0.2, -0.15) is 0 Å². The molecule has 0 fully saturated rings. The second-order valence-corrected chi connectivity index (χ2v) is 7.00. The van der Waals surface area contributed by atoms with Crippen LogP contribution in [0.15, 0.2) is 23.1 Å². The molecule has 0 heterocycles. The summed E-state index contributed by atoms with van der Waals surface area (Å²) in [6.45, 7) is 4.54. The van der Waals surface area contributed by atoms with E-state index in [1.165, 1.54) is 12.1 Å². The van der Waals surface area contributed by atoms with Crippen LogP contribution in [0.1, 0.15) is 24.2 Å². The van der Waals surface area contributed by atoms with Crippen molar-refractivity contribution < 1.29 is 17.9 Å². The molecule has 1 amide bonds. The van der Waals surface area contributed by atoms with Gasteiger partial charge in [-0.05, 0) is 32.0 Å². The molecule has 0 saturated carbocycles. The van der Waals surface area contributed by atoms with Crippen LogP contribution in [0.4, 0.5) is 0 Å². The molecule has 1 unspecified atom stereocenters. The Balaban J connectivity index is 2.85. The summed E-state index contributed by atoms with van der Waals surface area (Å²) in [6, 6.07) is 3.89. The van der Waals surface area contributed by atoms with Crippen molar-refractivity contribution in [2.75, 3.05) is 13.2 Å². The Labute approximate surface area is 127 Å². The van der Waals surface area contributed by atoms with Gasteiger partial charge >= 0.3 is 0 Å². The lowest BCUT2D eigenvalue weighted by Gasteiger charge is -2.13. The summed E-state index contributed by atoms with van der Waals surface area (Å²) in [5.41, 5.74) is 0.164. The number of rotatable bonds is 6. The minimum absolute atomic E-state index is 0.0285. The molecule has 0 aliphatic heterocycles. The monoisotopic (exact) mass is 339 g/mol. The van der Waals surface area contributed by atoms with E-state index >= 15 is 0 Å². The molecule has 0 aliphatic rings. The van der Waals surface area contributed by atoms with E-state index in [0.717, 1.165) is 6.07 Å². The third-order valence-corrected chi connectivity index (χ3v) is 4.26. The molecule has 0 aromatic heterocycles. The van der Waals surface area contributed by atoms with Gasteiger partial charge < -0.3 is 10.1 Å². The van der Waals surface area contributed by atoms with E-state index in [1.54, 1.807) is 0 Å². The summed E-state index contributed by atoms with van der Waals surface area (Å²) in [5.74, 6) is -0.421. The molecule has 1 atom stereocenters. The fraction of sp³-hybridized carbons (Fsp3) is 0.417. The zero-order chi connectivity index (χ0) is 15.3. The van der Waals surface area contributed by atoms with Crippen molar-refractivity contribution >= 4 is 37.2 Å². The number of halogens is 2. The van der Waals surface area contributed by atoms with Crippen molar-refractivity contribution in [1.29, 1.82) is 0 Å². The number of benzene rings is 1. The van der Waals surface area contributed by atoms with Gasteiger partial charge in [0.1, 0.15) is 4.90 Å². The highest BCUT2D eigenvalue weighted by Gasteiger charge is 2.18. The quantitative estimate of drug-likeness (QED) is 0.808. The van der Waals surface area contributed by atoms with Crippen LogP contribution in [-0.4, -0.2) is 33.6 Å². The Morgan fingerprint density at radius 1 is 1.45 bits per heavy atom. The van der Waals surface area contributed by atoms with Crippen LogP contribution in [0.25, 0.3) is 0 Å². The molecule has 1 rings (SSSR count). The van der Waals surface area contributed by atoms with Gasteiger partial charge in [0, 0.05) is 29.4 Å². The molecule has 1 aromatic rings. The minimum Gasteiger partial charge on any atom is -0.377 e. The normalized spacial score (nSPS) is 13.0. The van der Waals surface area contributed by atoms with Crippen molar-refractivity contribution in [2.24, 2.45) is 0 Å². The number of carbonyl (C=O) groups excluding carboxylic acids is 1. The molecule has 0 spiro atoms. The molecule has 0 aliphatic carbocycles. The van der Waals surface area contributed by atoms with Gasteiger partial charge in [-0.3, -0.25) is 4.79 Å². The van der Waals surface area contributed by atoms with E-state index in [2.05, 4.69) is 5.32 Å². The Kier molecular flexibility index (Phi) is 6.26. The molecule has 0 saturated heterocycles. The van der Waals surface area contributed by atoms with E-state index < -0.39 is 15.0 Å². The lowest BCUT2D eigenvalue weighted by atomic mass is 10.2. The van der Waals surface area contributed by atoms with E-state index in [4.69, 9.17) is 27.0 Å². The van der Waals surface area contributed by atoms with Gasteiger partial charge in [0.15, 0.2) is 0 Å². The summed E-state index contributed by atoms with van der Waals surface area (Å²) in [5, 5.41) is 2.61. The van der Waals surface area contributed by atoms with Crippen LogP contribution >= 0.6 is 22.3 Å². The van der Waals surface area contributed by atoms with Crippen LogP contribution in [0.2, 0.25) is 5.02 Å². The molecular weight excluding hydrogens is 325 g/mol. The number of nitrogens with one attached hydrogen (secondary N) is 1. The molecule has 1 aromatic carbocycles. The minimum atomic E-state index is -3.99. The third kappa shape index (κ3) is 4.94. The first-order valence-corrected chi connectivity index (χ1v) is 8.58. The van der Waals surface area contributed by atoms with Crippen LogP contribution in [0.5, 0.6) is 0 Å².